The van der Waals surface area contributed by atoms with Gasteiger partial charge in [-0.1, -0.05) is 18.2 Å². The van der Waals surface area contributed by atoms with Gasteiger partial charge in [-0.25, -0.2) is 9.50 Å². The summed E-state index contributed by atoms with van der Waals surface area (Å²) in [4.78, 5) is 25.5. The van der Waals surface area contributed by atoms with Crippen LogP contribution in [0.5, 0.6) is 0 Å². The van der Waals surface area contributed by atoms with Crippen LogP contribution in [0.4, 0.5) is 13.2 Å². The highest BCUT2D eigenvalue weighted by molar-refractivity contribution is 5.93. The van der Waals surface area contributed by atoms with Crippen molar-refractivity contribution in [3.05, 3.63) is 82.9 Å². The molecule has 0 saturated carbocycles. The fraction of sp³-hybridized carbons (Fsp3) is 0.308. The lowest BCUT2D eigenvalue weighted by molar-refractivity contribution is -0.142. The smallest absolute Gasteiger partial charge is 0.335 e. The molecule has 4 heterocycles. The second-order valence-corrected chi connectivity index (χ2v) is 9.05. The number of rotatable bonds is 4. The van der Waals surface area contributed by atoms with E-state index in [0.717, 1.165) is 33.8 Å². The second kappa shape index (κ2) is 9.34. The number of carbonyl (C=O) groups is 1. The van der Waals surface area contributed by atoms with Gasteiger partial charge in [-0.05, 0) is 48.7 Å². The molecule has 0 bridgehead atoms. The Morgan fingerprint density at radius 3 is 2.44 bits per heavy atom. The molecule has 1 saturated heterocycles. The molecule has 10 heteroatoms. The maximum Gasteiger partial charge on any atom is 0.433 e. The topological polar surface area (TPSA) is 66.6 Å². The Hall–Kier alpha value is -3.79. The first-order valence-corrected chi connectivity index (χ1v) is 11.7. The fourth-order valence-corrected chi connectivity index (χ4v) is 4.35. The summed E-state index contributed by atoms with van der Waals surface area (Å²) in [5.41, 5.74) is 2.79. The van der Waals surface area contributed by atoms with E-state index in [0.29, 0.717) is 31.7 Å². The monoisotopic (exact) mass is 494 g/mol. The molecule has 1 amide bonds. The second-order valence-electron chi connectivity index (χ2n) is 9.05. The molecule has 36 heavy (non-hydrogen) atoms. The molecule has 1 aliphatic rings. The van der Waals surface area contributed by atoms with E-state index in [9.17, 15) is 18.0 Å². The highest BCUT2D eigenvalue weighted by Gasteiger charge is 2.36. The highest BCUT2D eigenvalue weighted by Crippen LogP contribution is 2.33. The van der Waals surface area contributed by atoms with Crippen molar-refractivity contribution in [3.8, 4) is 11.3 Å². The molecule has 7 nitrogen and oxygen atoms in total. The first kappa shape index (κ1) is 23.9. The summed E-state index contributed by atoms with van der Waals surface area (Å²) >= 11 is 0. The van der Waals surface area contributed by atoms with E-state index in [2.05, 4.69) is 20.0 Å². The summed E-state index contributed by atoms with van der Waals surface area (Å²) in [5, 5.41) is 4.03. The first-order chi connectivity index (χ1) is 17.2. The van der Waals surface area contributed by atoms with Crippen LogP contribution < -0.4 is 0 Å². The number of alkyl halides is 3. The average molecular weight is 495 g/mol. The van der Waals surface area contributed by atoms with Gasteiger partial charge in [-0.3, -0.25) is 14.7 Å². The quantitative estimate of drug-likeness (QED) is 0.421. The van der Waals surface area contributed by atoms with Crippen molar-refractivity contribution in [2.75, 3.05) is 26.2 Å². The van der Waals surface area contributed by atoms with Crippen molar-refractivity contribution >= 4 is 11.6 Å². The zero-order valence-corrected chi connectivity index (χ0v) is 20.0. The van der Waals surface area contributed by atoms with Crippen LogP contribution in [-0.4, -0.2) is 61.5 Å². The number of hydrogen-bond donors (Lipinski definition) is 0. The van der Waals surface area contributed by atoms with Crippen LogP contribution in [0.25, 0.3) is 16.9 Å². The van der Waals surface area contributed by atoms with Crippen LogP contribution in [0, 0.1) is 13.8 Å². The van der Waals surface area contributed by atoms with Crippen LogP contribution in [0.15, 0.2) is 54.9 Å². The number of benzene rings is 1. The van der Waals surface area contributed by atoms with Gasteiger partial charge in [0.1, 0.15) is 0 Å². The van der Waals surface area contributed by atoms with Gasteiger partial charge in [-0.15, -0.1) is 0 Å². The molecule has 4 aromatic rings. The van der Waals surface area contributed by atoms with Crippen molar-refractivity contribution in [2.24, 2.45) is 0 Å². The zero-order chi connectivity index (χ0) is 25.4. The highest BCUT2D eigenvalue weighted by atomic mass is 19.4. The van der Waals surface area contributed by atoms with E-state index in [1.807, 2.05) is 44.3 Å². The Bertz CT molecular complexity index is 1410. The van der Waals surface area contributed by atoms with Gasteiger partial charge in [0.05, 0.1) is 5.69 Å². The maximum absolute atomic E-state index is 14.0. The third-order valence-electron chi connectivity index (χ3n) is 6.53. The molecular formula is C26H25F3N6O. The third-order valence-corrected chi connectivity index (χ3v) is 6.53. The SMILES string of the molecule is Cc1ccc(-c2cc(C(F)(F)F)n3nc(C(=O)N4CCN(Cc5cccnc5)CC4)cc3n2)cc1C. The van der Waals surface area contributed by atoms with Crippen LogP contribution in [-0.2, 0) is 12.7 Å². The van der Waals surface area contributed by atoms with E-state index >= 15 is 0 Å². The predicted octanol–water partition coefficient (Wildman–Crippen LogP) is 4.38. The summed E-state index contributed by atoms with van der Waals surface area (Å²) in [6.07, 6.45) is -1.13. The van der Waals surface area contributed by atoms with Crippen molar-refractivity contribution in [1.82, 2.24) is 29.4 Å². The van der Waals surface area contributed by atoms with Crippen molar-refractivity contribution in [2.45, 2.75) is 26.6 Å². The number of carbonyl (C=O) groups excluding carboxylic acids is 1. The summed E-state index contributed by atoms with van der Waals surface area (Å²) in [6, 6.07) is 11.6. The molecule has 0 unspecified atom stereocenters. The van der Waals surface area contributed by atoms with Crippen LogP contribution >= 0.6 is 0 Å². The van der Waals surface area contributed by atoms with Gasteiger partial charge >= 0.3 is 6.18 Å². The molecule has 0 atom stereocenters. The summed E-state index contributed by atoms with van der Waals surface area (Å²) in [5.74, 6) is -0.401. The number of hydrogen-bond acceptors (Lipinski definition) is 5. The Morgan fingerprint density at radius 2 is 1.78 bits per heavy atom. The lowest BCUT2D eigenvalue weighted by atomic mass is 10.0. The number of aromatic nitrogens is 4. The van der Waals surface area contributed by atoms with Crippen molar-refractivity contribution in [3.63, 3.8) is 0 Å². The number of piperazine rings is 1. The minimum Gasteiger partial charge on any atom is -0.335 e. The van der Waals surface area contributed by atoms with Gasteiger partial charge in [0, 0.05) is 56.7 Å². The summed E-state index contributed by atoms with van der Waals surface area (Å²) < 4.78 is 42.6. The number of nitrogens with zero attached hydrogens (tertiary/aromatic N) is 6. The zero-order valence-electron chi connectivity index (χ0n) is 20.0. The molecule has 0 spiro atoms. The number of aryl methyl sites for hydroxylation is 2. The standard InChI is InChI=1S/C26H25F3N6O/c1-17-5-6-20(12-18(17)2)21-13-23(26(27,28)29)35-24(31-21)14-22(32-35)25(36)34-10-8-33(9-11-34)16-19-4-3-7-30-15-19/h3-7,12-15H,8-11,16H2,1-2H3. The van der Waals surface area contributed by atoms with Gasteiger partial charge in [-0.2, -0.15) is 18.3 Å². The van der Waals surface area contributed by atoms with Crippen LogP contribution in [0.1, 0.15) is 32.9 Å². The minimum absolute atomic E-state index is 0.0170. The first-order valence-electron chi connectivity index (χ1n) is 11.7. The normalized spacial score (nSPS) is 15.0. The summed E-state index contributed by atoms with van der Waals surface area (Å²) in [6.45, 7) is 6.78. The largest absolute Gasteiger partial charge is 0.433 e. The molecule has 3 aromatic heterocycles. The molecule has 1 aliphatic heterocycles. The van der Waals surface area contributed by atoms with Crippen LogP contribution in [0.3, 0.4) is 0 Å². The Morgan fingerprint density at radius 1 is 1.00 bits per heavy atom. The Balaban J connectivity index is 1.40. The fourth-order valence-electron chi connectivity index (χ4n) is 4.35. The number of amides is 1. The lowest BCUT2D eigenvalue weighted by Crippen LogP contribution is -2.48. The minimum atomic E-state index is -4.67. The summed E-state index contributed by atoms with van der Waals surface area (Å²) in [7, 11) is 0. The molecule has 0 N–H and O–H groups in total. The van der Waals surface area contributed by atoms with E-state index in [-0.39, 0.29) is 17.0 Å². The number of pyridine rings is 1. The van der Waals surface area contributed by atoms with Gasteiger partial charge in [0.2, 0.25) is 0 Å². The molecule has 0 radical (unpaired) electrons. The Kier molecular flexibility index (Phi) is 6.21. The molecule has 5 rings (SSSR count). The molecule has 0 aliphatic carbocycles. The third kappa shape index (κ3) is 4.81. The van der Waals surface area contributed by atoms with Gasteiger partial charge in [0.25, 0.3) is 5.91 Å². The predicted molar refractivity (Wildman–Crippen MR) is 128 cm³/mol. The van der Waals surface area contributed by atoms with Crippen molar-refractivity contribution in [1.29, 1.82) is 0 Å². The van der Waals surface area contributed by atoms with Crippen LogP contribution in [0.2, 0.25) is 0 Å². The van der Waals surface area contributed by atoms with E-state index in [1.54, 1.807) is 17.2 Å². The lowest BCUT2D eigenvalue weighted by Gasteiger charge is -2.34. The Labute approximate surface area is 206 Å². The maximum atomic E-state index is 14.0. The molecular weight excluding hydrogens is 469 g/mol. The number of halogens is 3. The van der Waals surface area contributed by atoms with Crippen molar-refractivity contribution < 1.29 is 18.0 Å². The van der Waals surface area contributed by atoms with E-state index in [4.69, 9.17) is 0 Å². The average Bonchev–Trinajstić information content (AvgIpc) is 3.29. The van der Waals surface area contributed by atoms with Gasteiger partial charge in [0.15, 0.2) is 17.0 Å². The van der Waals surface area contributed by atoms with Gasteiger partial charge < -0.3 is 4.90 Å². The van der Waals surface area contributed by atoms with E-state index < -0.39 is 17.8 Å². The van der Waals surface area contributed by atoms with E-state index in [1.165, 1.54) is 6.07 Å². The molecule has 1 fully saturated rings. The molecule has 1 aromatic carbocycles. The molecule has 186 valence electrons. The number of fused-ring (bicyclic) bond motifs is 1.